The molecule has 0 aliphatic carbocycles. The first-order chi connectivity index (χ1) is 10.1. The molecule has 8 heteroatoms. The molecule has 0 aliphatic rings. The molecule has 21 heavy (non-hydrogen) atoms. The number of fused-ring (bicyclic) bond motifs is 1. The highest BCUT2D eigenvalue weighted by Gasteiger charge is 2.14. The molecule has 1 aromatic heterocycles. The highest BCUT2D eigenvalue weighted by molar-refractivity contribution is 5.78. The lowest BCUT2D eigenvalue weighted by atomic mass is 10.3. The van der Waals surface area contributed by atoms with Crippen molar-refractivity contribution in [2.75, 3.05) is 13.2 Å². The minimum Gasteiger partial charge on any atom is -0.594 e. The van der Waals surface area contributed by atoms with E-state index in [-0.39, 0.29) is 16.9 Å². The number of aromatic hydroxyl groups is 1. The van der Waals surface area contributed by atoms with Gasteiger partial charge in [0.2, 0.25) is 5.91 Å². The number of ether oxygens (including phenoxy) is 1. The average molecular weight is 292 g/mol. The van der Waals surface area contributed by atoms with Crippen molar-refractivity contribution in [1.29, 1.82) is 0 Å². The Bertz CT molecular complexity index is 647. The minimum atomic E-state index is -0.598. The Hall–Kier alpha value is -2.64. The molecule has 0 fully saturated rings. The molecular formula is C13H16N4O4. The second kappa shape index (κ2) is 6.69. The summed E-state index contributed by atoms with van der Waals surface area (Å²) in [4.78, 5) is 14.8. The topological polar surface area (TPSA) is 111 Å². The van der Waals surface area contributed by atoms with Gasteiger partial charge in [-0.05, 0) is 23.8 Å². The van der Waals surface area contributed by atoms with Gasteiger partial charge >= 0.3 is 6.01 Å². The molecule has 0 saturated heterocycles. The third-order valence-electron chi connectivity index (χ3n) is 2.78. The maximum absolute atomic E-state index is 11.5. The van der Waals surface area contributed by atoms with Crippen LogP contribution in [0.1, 0.15) is 19.8 Å². The lowest BCUT2D eigenvalue weighted by Crippen LogP contribution is -2.32. The smallest absolute Gasteiger partial charge is 0.378 e. The van der Waals surface area contributed by atoms with Crippen LogP contribution in [0.5, 0.6) is 11.8 Å². The van der Waals surface area contributed by atoms with Crippen molar-refractivity contribution < 1.29 is 19.5 Å². The fourth-order valence-electron chi connectivity index (χ4n) is 1.83. The van der Waals surface area contributed by atoms with Gasteiger partial charge in [0.05, 0.1) is 11.7 Å². The van der Waals surface area contributed by atoms with Crippen molar-refractivity contribution in [3.05, 3.63) is 23.4 Å². The SMILES string of the molecule is CC(=O)NCCCCOc1cccc2c1nc(O)n[n+]2[O-]. The van der Waals surface area contributed by atoms with E-state index in [0.29, 0.717) is 23.7 Å². The van der Waals surface area contributed by atoms with E-state index in [0.717, 1.165) is 12.8 Å². The van der Waals surface area contributed by atoms with Crippen LogP contribution in [0.2, 0.25) is 0 Å². The predicted molar refractivity (Wildman–Crippen MR) is 73.6 cm³/mol. The third kappa shape index (κ3) is 3.91. The zero-order chi connectivity index (χ0) is 15.2. The molecule has 112 valence electrons. The number of carbonyl (C=O) groups is 1. The van der Waals surface area contributed by atoms with Crippen LogP contribution in [-0.2, 0) is 4.79 Å². The number of nitrogens with one attached hydrogen (secondary N) is 1. The van der Waals surface area contributed by atoms with Gasteiger partial charge in [-0.1, -0.05) is 6.07 Å². The maximum atomic E-state index is 11.5. The van der Waals surface area contributed by atoms with Crippen molar-refractivity contribution in [3.8, 4) is 11.8 Å². The molecule has 1 heterocycles. The van der Waals surface area contributed by atoms with Crippen LogP contribution in [0.25, 0.3) is 11.0 Å². The van der Waals surface area contributed by atoms with Crippen molar-refractivity contribution in [3.63, 3.8) is 0 Å². The number of benzene rings is 1. The van der Waals surface area contributed by atoms with Crippen LogP contribution in [0, 0.1) is 5.21 Å². The second-order valence-electron chi connectivity index (χ2n) is 4.45. The number of aromatic nitrogens is 3. The van der Waals surface area contributed by atoms with Crippen molar-refractivity contribution in [2.45, 2.75) is 19.8 Å². The fraction of sp³-hybridized carbons (Fsp3) is 0.385. The average Bonchev–Trinajstić information content (AvgIpc) is 2.42. The van der Waals surface area contributed by atoms with Crippen LogP contribution in [0.15, 0.2) is 18.2 Å². The van der Waals surface area contributed by atoms with E-state index < -0.39 is 6.01 Å². The summed E-state index contributed by atoms with van der Waals surface area (Å²) in [7, 11) is 0. The van der Waals surface area contributed by atoms with E-state index in [1.54, 1.807) is 18.2 Å². The summed E-state index contributed by atoms with van der Waals surface area (Å²) in [6, 6.07) is 4.27. The molecular weight excluding hydrogens is 276 g/mol. The number of amides is 1. The van der Waals surface area contributed by atoms with Crippen LogP contribution in [-0.4, -0.2) is 34.2 Å². The number of unbranched alkanes of at least 4 members (excludes halogenated alkanes) is 1. The number of carbonyl (C=O) groups excluding carboxylic acids is 1. The molecule has 8 nitrogen and oxygen atoms in total. The molecule has 1 amide bonds. The highest BCUT2D eigenvalue weighted by Crippen LogP contribution is 2.22. The molecule has 2 rings (SSSR count). The van der Waals surface area contributed by atoms with Crippen molar-refractivity contribution >= 4 is 16.9 Å². The quantitative estimate of drug-likeness (QED) is 0.449. The van der Waals surface area contributed by atoms with Crippen molar-refractivity contribution in [2.24, 2.45) is 0 Å². The number of nitrogens with zero attached hydrogens (tertiary/aromatic N) is 3. The zero-order valence-corrected chi connectivity index (χ0v) is 11.6. The molecule has 1 aromatic carbocycles. The Morgan fingerprint density at radius 1 is 1.48 bits per heavy atom. The van der Waals surface area contributed by atoms with Gasteiger partial charge in [-0.15, -0.1) is 0 Å². The molecule has 2 N–H and O–H groups in total. The number of hydrogen-bond acceptors (Lipinski definition) is 6. The summed E-state index contributed by atoms with van der Waals surface area (Å²) < 4.78 is 5.57. The normalized spacial score (nSPS) is 10.5. The largest absolute Gasteiger partial charge is 0.594 e. The number of hydrogen-bond donors (Lipinski definition) is 2. The Labute approximate surface area is 121 Å². The lowest BCUT2D eigenvalue weighted by molar-refractivity contribution is -0.643. The van der Waals surface area contributed by atoms with Crippen LogP contribution in [0.4, 0.5) is 0 Å². The Morgan fingerprint density at radius 3 is 3.05 bits per heavy atom. The Balaban J connectivity index is 1.97. The van der Waals surface area contributed by atoms with E-state index in [1.807, 2.05) is 0 Å². The second-order valence-corrected chi connectivity index (χ2v) is 4.45. The fourth-order valence-corrected chi connectivity index (χ4v) is 1.83. The molecule has 0 unspecified atom stereocenters. The summed E-state index contributed by atoms with van der Waals surface area (Å²) in [5.41, 5.74) is 0.491. The first-order valence-corrected chi connectivity index (χ1v) is 6.55. The maximum Gasteiger partial charge on any atom is 0.378 e. The third-order valence-corrected chi connectivity index (χ3v) is 2.78. The van der Waals surface area contributed by atoms with Gasteiger partial charge in [-0.25, -0.2) is 0 Å². The number of para-hydroxylation sites is 1. The van der Waals surface area contributed by atoms with Crippen LogP contribution < -0.4 is 14.9 Å². The molecule has 0 spiro atoms. The van der Waals surface area contributed by atoms with Gasteiger partial charge in [0.25, 0.3) is 5.52 Å². The Kier molecular flexibility index (Phi) is 4.70. The summed E-state index contributed by atoms with van der Waals surface area (Å²) >= 11 is 0. The molecule has 0 aliphatic heterocycles. The molecule has 0 bridgehead atoms. The monoisotopic (exact) mass is 292 g/mol. The Morgan fingerprint density at radius 2 is 2.29 bits per heavy atom. The summed E-state index contributed by atoms with van der Waals surface area (Å²) in [5.74, 6) is 0.353. The molecule has 2 aromatic rings. The molecule has 0 saturated carbocycles. The molecule has 0 radical (unpaired) electrons. The summed E-state index contributed by atoms with van der Waals surface area (Å²) in [5, 5.41) is 26.8. The highest BCUT2D eigenvalue weighted by atomic mass is 16.5. The van der Waals surface area contributed by atoms with E-state index >= 15 is 0 Å². The van der Waals surface area contributed by atoms with E-state index in [9.17, 15) is 15.1 Å². The summed E-state index contributed by atoms with van der Waals surface area (Å²) in [6.07, 6.45) is 1.53. The van der Waals surface area contributed by atoms with Gasteiger partial charge < -0.3 is 20.4 Å². The zero-order valence-electron chi connectivity index (χ0n) is 11.6. The standard InChI is InChI=1S/C13H16N4O4/c1-9(18)14-7-2-3-8-21-11-6-4-5-10-12(11)15-13(19)16-17(10)20/h4-6H,2-3,7-8H2,1H3,(H,14,18)(H,15,16,19). The van der Waals surface area contributed by atoms with Gasteiger partial charge in [0, 0.05) is 19.5 Å². The van der Waals surface area contributed by atoms with E-state index in [1.165, 1.54) is 6.92 Å². The number of rotatable bonds is 6. The van der Waals surface area contributed by atoms with Crippen molar-refractivity contribution in [1.82, 2.24) is 15.4 Å². The van der Waals surface area contributed by atoms with Crippen LogP contribution >= 0.6 is 0 Å². The van der Waals surface area contributed by atoms with Crippen LogP contribution in [0.3, 0.4) is 0 Å². The first-order valence-electron chi connectivity index (χ1n) is 6.55. The van der Waals surface area contributed by atoms with Gasteiger partial charge in [-0.3, -0.25) is 4.79 Å². The predicted octanol–water partition coefficient (Wildman–Crippen LogP) is 0.264. The van der Waals surface area contributed by atoms with E-state index in [2.05, 4.69) is 15.4 Å². The molecule has 0 atom stereocenters. The minimum absolute atomic E-state index is 0.0582. The first kappa shape index (κ1) is 14.8. The van der Waals surface area contributed by atoms with Gasteiger partial charge in [-0.2, -0.15) is 4.98 Å². The van der Waals surface area contributed by atoms with Gasteiger partial charge in [0.15, 0.2) is 11.3 Å². The van der Waals surface area contributed by atoms with Gasteiger partial charge in [0.1, 0.15) is 0 Å². The lowest BCUT2D eigenvalue weighted by Gasteiger charge is -2.08. The van der Waals surface area contributed by atoms with E-state index in [4.69, 9.17) is 4.74 Å². The summed E-state index contributed by atoms with van der Waals surface area (Å²) in [6.45, 7) is 2.48.